The van der Waals surface area contributed by atoms with Gasteiger partial charge in [0.15, 0.2) is 0 Å². The molecule has 0 spiro atoms. The van der Waals surface area contributed by atoms with Gasteiger partial charge in [-0.1, -0.05) is 13.3 Å². The normalized spacial score (nSPS) is 11.7. The van der Waals surface area contributed by atoms with Crippen LogP contribution in [0.1, 0.15) is 44.0 Å². The Morgan fingerprint density at radius 3 is 2.33 bits per heavy atom. The molecule has 0 aromatic heterocycles. The van der Waals surface area contributed by atoms with Gasteiger partial charge in [0.2, 0.25) is 5.91 Å². The quantitative estimate of drug-likeness (QED) is 0.841. The highest BCUT2D eigenvalue weighted by Crippen LogP contribution is 2.10. The van der Waals surface area contributed by atoms with Crippen LogP contribution in [0, 0.1) is 0 Å². The van der Waals surface area contributed by atoms with Gasteiger partial charge in [-0.05, 0) is 37.6 Å². The van der Waals surface area contributed by atoms with E-state index in [9.17, 15) is 9.59 Å². The Labute approximate surface area is 108 Å². The third kappa shape index (κ3) is 4.57. The highest BCUT2D eigenvalue weighted by molar-refractivity contribution is 5.95. The van der Waals surface area contributed by atoms with Gasteiger partial charge < -0.3 is 10.6 Å². The van der Waals surface area contributed by atoms with Crippen molar-refractivity contribution in [2.75, 3.05) is 5.32 Å². The molecule has 0 radical (unpaired) electrons. The van der Waals surface area contributed by atoms with Gasteiger partial charge in [0, 0.05) is 24.2 Å². The number of anilines is 1. The Morgan fingerprint density at radius 1 is 1.22 bits per heavy atom. The Kier molecular flexibility index (Phi) is 5.36. The maximum atomic E-state index is 11.9. The average Bonchev–Trinajstić information content (AvgIpc) is 2.29. The van der Waals surface area contributed by atoms with Crippen LogP contribution in [0.15, 0.2) is 24.3 Å². The van der Waals surface area contributed by atoms with Crippen molar-refractivity contribution in [1.82, 2.24) is 5.32 Å². The molecule has 2 N–H and O–H groups in total. The van der Waals surface area contributed by atoms with Crippen LogP contribution in [0.4, 0.5) is 5.69 Å². The smallest absolute Gasteiger partial charge is 0.251 e. The number of nitrogens with one attached hydrogen (secondary N) is 2. The largest absolute Gasteiger partial charge is 0.350 e. The molecule has 0 aliphatic heterocycles. The summed E-state index contributed by atoms with van der Waals surface area (Å²) < 4.78 is 0. The number of hydrogen-bond acceptors (Lipinski definition) is 2. The highest BCUT2D eigenvalue weighted by Gasteiger charge is 2.08. The molecule has 4 heteroatoms. The molecule has 0 heterocycles. The van der Waals surface area contributed by atoms with Gasteiger partial charge in [-0.25, -0.2) is 0 Å². The molecule has 1 aromatic carbocycles. The summed E-state index contributed by atoms with van der Waals surface area (Å²) in [7, 11) is 0. The van der Waals surface area contributed by atoms with Gasteiger partial charge in [-0.3, -0.25) is 9.59 Å². The van der Waals surface area contributed by atoms with Gasteiger partial charge >= 0.3 is 0 Å². The van der Waals surface area contributed by atoms with Crippen molar-refractivity contribution in [2.45, 2.75) is 39.7 Å². The first-order valence-corrected chi connectivity index (χ1v) is 6.21. The van der Waals surface area contributed by atoms with E-state index in [-0.39, 0.29) is 17.9 Å². The molecule has 4 nitrogen and oxygen atoms in total. The van der Waals surface area contributed by atoms with Crippen LogP contribution in [0.3, 0.4) is 0 Å². The van der Waals surface area contributed by atoms with Gasteiger partial charge in [0.1, 0.15) is 0 Å². The molecule has 1 atom stereocenters. The standard InChI is InChI=1S/C14H20N2O2/c1-4-5-10(2)15-14(18)12-6-8-13(9-7-12)16-11(3)17/h6-10H,4-5H2,1-3H3,(H,15,18)(H,16,17)/t10-/m1/s1. The molecule has 0 aliphatic carbocycles. The van der Waals surface area contributed by atoms with E-state index in [2.05, 4.69) is 17.6 Å². The van der Waals surface area contributed by atoms with E-state index in [0.29, 0.717) is 11.3 Å². The first-order valence-electron chi connectivity index (χ1n) is 6.21. The number of hydrogen-bond donors (Lipinski definition) is 2. The zero-order valence-corrected chi connectivity index (χ0v) is 11.1. The van der Waals surface area contributed by atoms with Crippen molar-refractivity contribution >= 4 is 17.5 Å². The lowest BCUT2D eigenvalue weighted by atomic mass is 10.1. The molecule has 0 fully saturated rings. The van der Waals surface area contributed by atoms with Crippen molar-refractivity contribution in [3.63, 3.8) is 0 Å². The van der Waals surface area contributed by atoms with Crippen LogP contribution in [-0.4, -0.2) is 17.9 Å². The van der Waals surface area contributed by atoms with E-state index in [1.54, 1.807) is 24.3 Å². The Balaban J connectivity index is 2.61. The molecule has 0 aliphatic rings. The third-order valence-electron chi connectivity index (χ3n) is 2.57. The molecule has 0 unspecified atom stereocenters. The summed E-state index contributed by atoms with van der Waals surface area (Å²) in [6, 6.07) is 7.04. The van der Waals surface area contributed by atoms with Crippen molar-refractivity contribution in [3.05, 3.63) is 29.8 Å². The summed E-state index contributed by atoms with van der Waals surface area (Å²) in [5.74, 6) is -0.200. The highest BCUT2D eigenvalue weighted by atomic mass is 16.2. The van der Waals surface area contributed by atoms with Crippen LogP contribution >= 0.6 is 0 Å². The maximum Gasteiger partial charge on any atom is 0.251 e. The molecule has 0 bridgehead atoms. The van der Waals surface area contributed by atoms with Crippen molar-refractivity contribution in [3.8, 4) is 0 Å². The predicted octanol–water partition coefficient (Wildman–Crippen LogP) is 2.56. The van der Waals surface area contributed by atoms with Gasteiger partial charge in [0.25, 0.3) is 5.91 Å². The van der Waals surface area contributed by atoms with E-state index in [0.717, 1.165) is 12.8 Å². The van der Waals surface area contributed by atoms with Gasteiger partial charge in [0.05, 0.1) is 0 Å². The Morgan fingerprint density at radius 2 is 1.83 bits per heavy atom. The van der Waals surface area contributed by atoms with E-state index in [4.69, 9.17) is 0 Å². The average molecular weight is 248 g/mol. The monoisotopic (exact) mass is 248 g/mol. The van der Waals surface area contributed by atoms with E-state index < -0.39 is 0 Å². The molecular weight excluding hydrogens is 228 g/mol. The fraction of sp³-hybridized carbons (Fsp3) is 0.429. The minimum absolute atomic E-state index is 0.0784. The summed E-state index contributed by atoms with van der Waals surface area (Å²) in [5.41, 5.74) is 1.30. The minimum Gasteiger partial charge on any atom is -0.350 e. The van der Waals surface area contributed by atoms with Gasteiger partial charge in [-0.15, -0.1) is 0 Å². The topological polar surface area (TPSA) is 58.2 Å². The fourth-order valence-corrected chi connectivity index (χ4v) is 1.72. The van der Waals surface area contributed by atoms with Crippen LogP contribution in [0.5, 0.6) is 0 Å². The maximum absolute atomic E-state index is 11.9. The summed E-state index contributed by atoms with van der Waals surface area (Å²) >= 11 is 0. The van der Waals surface area contributed by atoms with Crippen LogP contribution in [0.2, 0.25) is 0 Å². The van der Waals surface area contributed by atoms with Crippen molar-refractivity contribution in [1.29, 1.82) is 0 Å². The second kappa shape index (κ2) is 6.79. The van der Waals surface area contributed by atoms with Crippen LogP contribution in [0.25, 0.3) is 0 Å². The molecule has 0 saturated carbocycles. The summed E-state index contributed by atoms with van der Waals surface area (Å²) in [6.07, 6.45) is 2.01. The number of amides is 2. The minimum atomic E-state index is -0.122. The molecule has 1 rings (SSSR count). The predicted molar refractivity (Wildman–Crippen MR) is 72.6 cm³/mol. The molecule has 0 saturated heterocycles. The fourth-order valence-electron chi connectivity index (χ4n) is 1.72. The van der Waals surface area contributed by atoms with E-state index in [1.807, 2.05) is 6.92 Å². The summed E-state index contributed by atoms with van der Waals surface area (Å²) in [4.78, 5) is 22.7. The van der Waals surface area contributed by atoms with E-state index in [1.165, 1.54) is 6.92 Å². The van der Waals surface area contributed by atoms with Crippen molar-refractivity contribution in [2.24, 2.45) is 0 Å². The third-order valence-corrected chi connectivity index (χ3v) is 2.57. The lowest BCUT2D eigenvalue weighted by Gasteiger charge is -2.12. The molecule has 2 amide bonds. The number of rotatable bonds is 5. The Bertz CT molecular complexity index is 412. The zero-order chi connectivity index (χ0) is 13.5. The van der Waals surface area contributed by atoms with Crippen molar-refractivity contribution < 1.29 is 9.59 Å². The van der Waals surface area contributed by atoms with E-state index >= 15 is 0 Å². The lowest BCUT2D eigenvalue weighted by Crippen LogP contribution is -2.32. The summed E-state index contributed by atoms with van der Waals surface area (Å²) in [6.45, 7) is 5.53. The molecule has 98 valence electrons. The summed E-state index contributed by atoms with van der Waals surface area (Å²) in [5, 5.41) is 5.59. The molecule has 1 aromatic rings. The first kappa shape index (κ1) is 14.2. The number of benzene rings is 1. The van der Waals surface area contributed by atoms with Crippen LogP contribution < -0.4 is 10.6 Å². The first-order chi connectivity index (χ1) is 8.52. The van der Waals surface area contributed by atoms with Crippen LogP contribution in [-0.2, 0) is 4.79 Å². The lowest BCUT2D eigenvalue weighted by molar-refractivity contribution is -0.114. The second-order valence-electron chi connectivity index (χ2n) is 4.42. The number of carbonyl (C=O) groups excluding carboxylic acids is 2. The SMILES string of the molecule is CCC[C@@H](C)NC(=O)c1ccc(NC(C)=O)cc1. The Hall–Kier alpha value is -1.84. The molecule has 18 heavy (non-hydrogen) atoms. The van der Waals surface area contributed by atoms with Gasteiger partial charge in [-0.2, -0.15) is 0 Å². The second-order valence-corrected chi connectivity index (χ2v) is 4.42. The number of carbonyl (C=O) groups is 2. The molecular formula is C14H20N2O2. The zero-order valence-electron chi connectivity index (χ0n) is 11.1.